The average Bonchev–Trinajstić information content (AvgIpc) is 3.35. The van der Waals surface area contributed by atoms with Gasteiger partial charge in [0.2, 0.25) is 0 Å². The zero-order chi connectivity index (χ0) is 28.6. The van der Waals surface area contributed by atoms with Crippen molar-refractivity contribution >= 4 is 44.8 Å². The second-order valence-corrected chi connectivity index (χ2v) is 18.0. The van der Waals surface area contributed by atoms with Gasteiger partial charge in [0.15, 0.2) is 0 Å². The first kappa shape index (κ1) is 30.4. The first-order chi connectivity index (χ1) is 19.8. The van der Waals surface area contributed by atoms with E-state index in [1.165, 1.54) is 45.0 Å². The molecule has 6 heteroatoms. The van der Waals surface area contributed by atoms with Gasteiger partial charge in [0, 0.05) is 42.9 Å². The Morgan fingerprint density at radius 1 is 0.833 bits per heavy atom. The van der Waals surface area contributed by atoms with Crippen LogP contribution in [0, 0.1) is 26.0 Å². The van der Waals surface area contributed by atoms with E-state index in [2.05, 4.69) is 80.0 Å². The Labute approximate surface area is 267 Å². The van der Waals surface area contributed by atoms with Gasteiger partial charge in [-0.3, -0.25) is 4.98 Å². The summed E-state index contributed by atoms with van der Waals surface area (Å²) in [6.07, 6.45) is 8.90. The van der Waals surface area contributed by atoms with Gasteiger partial charge >= 0.3 is 0 Å². The number of hydrogen-bond donors (Lipinski definition) is 0. The van der Waals surface area contributed by atoms with Gasteiger partial charge in [-0.1, -0.05) is 48.3 Å². The van der Waals surface area contributed by atoms with E-state index in [1.807, 2.05) is 53.8 Å². The molecule has 0 aliphatic heterocycles. The Kier molecular flexibility index (Phi) is 9.19. The summed E-state index contributed by atoms with van der Waals surface area (Å²) in [6.45, 7) is 11.5. The number of thiophene rings is 1. The number of hydrogen-bond acceptors (Lipinski definition) is 4. The van der Waals surface area contributed by atoms with E-state index < -0.39 is 8.07 Å². The van der Waals surface area contributed by atoms with E-state index in [0.717, 1.165) is 40.3 Å². The minimum absolute atomic E-state index is 0. The van der Waals surface area contributed by atoms with Gasteiger partial charge in [-0.15, -0.1) is 59.7 Å². The van der Waals surface area contributed by atoms with Gasteiger partial charge < -0.3 is 9.97 Å². The van der Waals surface area contributed by atoms with Crippen molar-refractivity contribution in [1.29, 1.82) is 0 Å². The van der Waals surface area contributed by atoms with Crippen molar-refractivity contribution in [1.82, 2.24) is 15.0 Å². The van der Waals surface area contributed by atoms with E-state index in [4.69, 9.17) is 4.98 Å². The normalized spacial score (nSPS) is 12.8. The molecule has 3 nitrogen and oxygen atoms in total. The predicted octanol–water partition coefficient (Wildman–Crippen LogP) is 8.90. The fraction of sp³-hybridized carbons (Fsp3) is 0.250. The van der Waals surface area contributed by atoms with Crippen molar-refractivity contribution in [3.63, 3.8) is 0 Å². The Bertz CT molecular complexity index is 1810. The number of nitrogens with zero attached hydrogens (tertiary/aromatic N) is 3. The maximum atomic E-state index is 5.03. The molecular weight excluding hydrogens is 727 g/mol. The monoisotopic (exact) mass is 762 g/mol. The molecule has 0 spiro atoms. The summed E-state index contributed by atoms with van der Waals surface area (Å²) < 4.78 is 2.58. The molecule has 4 heterocycles. The third-order valence-corrected chi connectivity index (χ3v) is 11.1. The molecule has 0 saturated heterocycles. The van der Waals surface area contributed by atoms with Crippen LogP contribution in [0.25, 0.3) is 42.7 Å². The third kappa shape index (κ3) is 6.18. The first-order valence-corrected chi connectivity index (χ1v) is 18.7. The summed E-state index contributed by atoms with van der Waals surface area (Å²) in [5, 5.41) is 4.18. The minimum Gasteiger partial charge on any atom is -0.305 e. The van der Waals surface area contributed by atoms with Crippen LogP contribution >= 0.6 is 11.3 Å². The smallest absolute Gasteiger partial charge is 0.0799 e. The van der Waals surface area contributed by atoms with E-state index >= 15 is 0 Å². The zero-order valence-electron chi connectivity index (χ0n) is 24.8. The standard InChI is InChI=1S/C25H27N2SSi.C11H8N.Ir/c1-15-12-21-20-13-17(10-11-22(20)28-25(21)16(2)27-15)24-19-9-7-6-8-18(19)23(14-26-24)29(3,4)5;1-2-6-10(7-3-1)11-8-4-5-9-12-11;/h11-14H,6-9H2,1-5H3;1-6,8-9H;/q2*-1;. The van der Waals surface area contributed by atoms with Crippen molar-refractivity contribution in [2.75, 3.05) is 0 Å². The van der Waals surface area contributed by atoms with Crippen LogP contribution in [0.2, 0.25) is 19.6 Å². The van der Waals surface area contributed by atoms with Crippen LogP contribution in [0.1, 0.15) is 35.4 Å². The first-order valence-electron chi connectivity index (χ1n) is 14.4. The maximum absolute atomic E-state index is 5.03. The Balaban J connectivity index is 0.000000228. The summed E-state index contributed by atoms with van der Waals surface area (Å²) >= 11 is 1.83. The van der Waals surface area contributed by atoms with E-state index in [9.17, 15) is 0 Å². The molecule has 0 bridgehead atoms. The third-order valence-electron chi connectivity index (χ3n) is 7.80. The summed E-state index contributed by atoms with van der Waals surface area (Å²) in [5.41, 5.74) is 9.60. The van der Waals surface area contributed by atoms with Crippen LogP contribution in [-0.2, 0) is 32.9 Å². The Hall–Kier alpha value is -3.02. The average molecular weight is 762 g/mol. The zero-order valence-corrected chi connectivity index (χ0v) is 29.1. The summed E-state index contributed by atoms with van der Waals surface area (Å²) in [5.74, 6) is 0. The molecule has 0 saturated carbocycles. The molecule has 0 atom stereocenters. The molecular formula is C36H35IrN3SSi-2. The fourth-order valence-corrected chi connectivity index (χ4v) is 8.59. The van der Waals surface area contributed by atoms with Crippen molar-refractivity contribution in [2.45, 2.75) is 59.2 Å². The molecule has 0 amide bonds. The molecule has 1 aliphatic rings. The topological polar surface area (TPSA) is 38.7 Å². The van der Waals surface area contributed by atoms with Crippen molar-refractivity contribution in [2.24, 2.45) is 0 Å². The molecule has 0 unspecified atom stereocenters. The van der Waals surface area contributed by atoms with Crippen LogP contribution in [0.5, 0.6) is 0 Å². The molecule has 0 fully saturated rings. The molecule has 42 heavy (non-hydrogen) atoms. The van der Waals surface area contributed by atoms with E-state index in [0.29, 0.717) is 0 Å². The predicted molar refractivity (Wildman–Crippen MR) is 177 cm³/mol. The largest absolute Gasteiger partial charge is 0.305 e. The van der Waals surface area contributed by atoms with Gasteiger partial charge in [0.25, 0.3) is 0 Å². The van der Waals surface area contributed by atoms with Gasteiger partial charge in [-0.05, 0) is 78.3 Å². The number of pyridine rings is 3. The molecule has 2 aromatic carbocycles. The number of aryl methyl sites for hydroxylation is 2. The van der Waals surface area contributed by atoms with Crippen molar-refractivity contribution < 1.29 is 20.1 Å². The number of benzene rings is 2. The van der Waals surface area contributed by atoms with Crippen LogP contribution in [0.4, 0.5) is 0 Å². The van der Waals surface area contributed by atoms with Gasteiger partial charge in [-0.2, -0.15) is 11.3 Å². The van der Waals surface area contributed by atoms with Gasteiger partial charge in [0.05, 0.1) is 13.8 Å². The second-order valence-electron chi connectivity index (χ2n) is 11.9. The van der Waals surface area contributed by atoms with Gasteiger partial charge in [0.1, 0.15) is 0 Å². The van der Waals surface area contributed by atoms with Crippen LogP contribution < -0.4 is 5.19 Å². The molecule has 6 aromatic rings. The number of aromatic nitrogens is 3. The molecule has 215 valence electrons. The fourth-order valence-electron chi connectivity index (χ4n) is 5.87. The SMILES string of the molecule is Cc1cc2c(sc3c[c-]c(-c4ncc([Si](C)(C)C)c5c4CCCC5)cc32)c(C)n1.[Ir].[c-]1ccccc1-c1ccccn1. The molecule has 4 aromatic heterocycles. The number of fused-ring (bicyclic) bond motifs is 4. The van der Waals surface area contributed by atoms with Gasteiger partial charge in [-0.25, -0.2) is 0 Å². The van der Waals surface area contributed by atoms with Crippen molar-refractivity contribution in [3.05, 3.63) is 108 Å². The molecule has 0 N–H and O–H groups in total. The van der Waals surface area contributed by atoms with Crippen LogP contribution in [0.15, 0.2) is 73.1 Å². The quantitative estimate of drug-likeness (QED) is 0.134. The summed E-state index contributed by atoms with van der Waals surface area (Å²) in [4.78, 5) is 13.9. The van der Waals surface area contributed by atoms with Crippen molar-refractivity contribution in [3.8, 4) is 22.5 Å². The summed E-state index contributed by atoms with van der Waals surface area (Å²) in [7, 11) is -1.40. The molecule has 1 aliphatic carbocycles. The van der Waals surface area contributed by atoms with E-state index in [-0.39, 0.29) is 20.1 Å². The molecule has 7 rings (SSSR count). The Morgan fingerprint density at radius 2 is 1.62 bits per heavy atom. The Morgan fingerprint density at radius 3 is 2.33 bits per heavy atom. The maximum Gasteiger partial charge on any atom is 0.0799 e. The molecule has 1 radical (unpaired) electrons. The van der Waals surface area contributed by atoms with Crippen LogP contribution in [0.3, 0.4) is 0 Å². The number of rotatable bonds is 3. The summed E-state index contributed by atoms with van der Waals surface area (Å²) in [6, 6.07) is 27.1. The minimum atomic E-state index is -1.40. The van der Waals surface area contributed by atoms with Crippen LogP contribution in [-0.4, -0.2) is 23.0 Å². The van der Waals surface area contributed by atoms with E-state index in [1.54, 1.807) is 16.9 Å². The second kappa shape index (κ2) is 12.7.